The molecule has 27 heavy (non-hydrogen) atoms. The van der Waals surface area contributed by atoms with E-state index in [1.807, 2.05) is 0 Å². The number of aliphatic carboxylic acids is 1. The van der Waals surface area contributed by atoms with Crippen molar-refractivity contribution in [2.24, 2.45) is 0 Å². The number of nitrogens with one attached hydrogen (secondary N) is 1. The van der Waals surface area contributed by atoms with Gasteiger partial charge in [0.25, 0.3) is 5.91 Å². The molecule has 2 N–H and O–H groups in total. The molecule has 2 fully saturated rings. The summed E-state index contributed by atoms with van der Waals surface area (Å²) in [6.45, 7) is 1.23. The predicted molar refractivity (Wildman–Crippen MR) is 92.7 cm³/mol. The van der Waals surface area contributed by atoms with Gasteiger partial charge in [0.05, 0.1) is 17.4 Å². The average molecular weight is 399 g/mol. The highest BCUT2D eigenvalue weighted by Crippen LogP contribution is 2.35. The highest BCUT2D eigenvalue weighted by Gasteiger charge is 2.56. The van der Waals surface area contributed by atoms with E-state index in [9.17, 15) is 28.5 Å². The number of fused-ring (bicyclic) bond motifs is 1. The molecule has 3 heterocycles. The summed E-state index contributed by atoms with van der Waals surface area (Å²) in [6.07, 6.45) is 2.90. The van der Waals surface area contributed by atoms with Crippen molar-refractivity contribution in [1.82, 2.24) is 15.1 Å². The third-order valence-electron chi connectivity index (χ3n) is 4.90. The molecule has 11 heteroatoms. The number of piperidine rings is 1. The van der Waals surface area contributed by atoms with Crippen LogP contribution in [0.3, 0.4) is 0 Å². The highest BCUT2D eigenvalue weighted by atomic mass is 32.2. The smallest absolute Gasteiger partial charge is 0.409 e. The second-order valence-electron chi connectivity index (χ2n) is 6.56. The van der Waals surface area contributed by atoms with Gasteiger partial charge in [0.1, 0.15) is 17.1 Å². The number of β-lactam (4-membered cyclic amide) rings is 1. The molecule has 3 aliphatic heterocycles. The zero-order valence-corrected chi connectivity index (χ0v) is 15.4. The number of rotatable bonds is 6. The van der Waals surface area contributed by atoms with Crippen LogP contribution >= 0.6 is 0 Å². The van der Waals surface area contributed by atoms with Crippen LogP contribution in [0, 0.1) is 0 Å². The Morgan fingerprint density at radius 2 is 2.00 bits per heavy atom. The number of hydrogen-bond donors (Lipinski definition) is 2. The third-order valence-corrected chi connectivity index (χ3v) is 6.55. The molecule has 3 amide bonds. The maximum Gasteiger partial charge on any atom is 0.409 e. The maximum absolute atomic E-state index is 12.4. The maximum atomic E-state index is 12.4. The van der Waals surface area contributed by atoms with E-state index in [4.69, 9.17) is 4.74 Å². The fraction of sp³-hybridized carbons (Fsp3) is 0.625. The summed E-state index contributed by atoms with van der Waals surface area (Å²) in [6, 6.07) is -0.976. The summed E-state index contributed by atoms with van der Waals surface area (Å²) in [5, 5.41) is 10.9. The molecule has 148 valence electrons. The van der Waals surface area contributed by atoms with Crippen LogP contribution in [0.15, 0.2) is 11.3 Å². The van der Waals surface area contributed by atoms with Crippen molar-refractivity contribution < 1.29 is 33.2 Å². The van der Waals surface area contributed by atoms with Crippen molar-refractivity contribution in [3.8, 4) is 0 Å². The fourth-order valence-electron chi connectivity index (χ4n) is 3.57. The number of carbonyl (C=O) groups is 4. The Morgan fingerprint density at radius 3 is 2.63 bits per heavy atom. The summed E-state index contributed by atoms with van der Waals surface area (Å²) in [5.74, 6) is -1.97. The van der Waals surface area contributed by atoms with Gasteiger partial charge in [0.2, 0.25) is 6.41 Å². The minimum Gasteiger partial charge on any atom is -0.477 e. The first-order chi connectivity index (χ1) is 13.0. The van der Waals surface area contributed by atoms with Crippen LogP contribution in [0.25, 0.3) is 0 Å². The monoisotopic (exact) mass is 399 g/mol. The van der Waals surface area contributed by atoms with E-state index in [2.05, 4.69) is 5.32 Å². The van der Waals surface area contributed by atoms with E-state index in [1.165, 1.54) is 0 Å². The van der Waals surface area contributed by atoms with Gasteiger partial charge < -0.3 is 20.1 Å². The molecule has 0 radical (unpaired) electrons. The molecule has 0 spiro atoms. The van der Waals surface area contributed by atoms with E-state index < -0.39 is 40.2 Å². The lowest BCUT2D eigenvalue weighted by Gasteiger charge is -2.48. The van der Waals surface area contributed by atoms with Crippen molar-refractivity contribution in [2.75, 3.05) is 25.4 Å². The number of likely N-dealkylation sites (tertiary alicyclic amines) is 1. The summed E-state index contributed by atoms with van der Waals surface area (Å²) in [4.78, 5) is 49.0. The molecule has 0 aromatic carbocycles. The van der Waals surface area contributed by atoms with E-state index in [1.54, 1.807) is 4.90 Å². The number of carboxylic acid groups (broad SMARTS) is 1. The largest absolute Gasteiger partial charge is 0.477 e. The van der Waals surface area contributed by atoms with Crippen molar-refractivity contribution in [3.05, 3.63) is 11.3 Å². The number of amides is 3. The Morgan fingerprint density at radius 1 is 1.30 bits per heavy atom. The van der Waals surface area contributed by atoms with Gasteiger partial charge in [-0.1, -0.05) is 0 Å². The lowest BCUT2D eigenvalue weighted by atomic mass is 10.0. The van der Waals surface area contributed by atoms with Gasteiger partial charge >= 0.3 is 12.1 Å². The van der Waals surface area contributed by atoms with Crippen molar-refractivity contribution in [3.63, 3.8) is 0 Å². The topological polar surface area (TPSA) is 133 Å². The zero-order chi connectivity index (χ0) is 19.6. The Hall–Kier alpha value is -2.43. The van der Waals surface area contributed by atoms with E-state index in [0.717, 1.165) is 24.2 Å². The minimum atomic E-state index is -1.55. The standard InChI is InChI=1S/C16H21N3O7S/c20-9-17-11-13(21)19-12(15(22)23)10(8-27(25)14(11)19)4-7-26-16(24)18-5-2-1-3-6-18/h9,11,14H,1-8H2,(H,17,20)(H,22,23)/t11?,14-,27?/m0/s1. The molecular formula is C16H21N3O7S. The molecular weight excluding hydrogens is 378 g/mol. The zero-order valence-electron chi connectivity index (χ0n) is 14.6. The van der Waals surface area contributed by atoms with E-state index in [-0.39, 0.29) is 24.5 Å². The van der Waals surface area contributed by atoms with E-state index >= 15 is 0 Å². The first-order valence-corrected chi connectivity index (χ1v) is 10.1. The third kappa shape index (κ3) is 3.68. The van der Waals surface area contributed by atoms with E-state index in [0.29, 0.717) is 25.1 Å². The number of carbonyl (C=O) groups excluding carboxylic acids is 3. The number of hydrogen-bond acceptors (Lipinski definition) is 6. The Bertz CT molecular complexity index is 717. The lowest BCUT2D eigenvalue weighted by molar-refractivity contribution is -0.150. The second kappa shape index (κ2) is 8.07. The fourth-order valence-corrected chi connectivity index (χ4v) is 5.31. The van der Waals surface area contributed by atoms with Crippen LogP contribution in [0.5, 0.6) is 0 Å². The van der Waals surface area contributed by atoms with Crippen LogP contribution in [-0.4, -0.2) is 80.4 Å². The van der Waals surface area contributed by atoms with Gasteiger partial charge in [0.15, 0.2) is 0 Å². The van der Waals surface area contributed by atoms with Gasteiger partial charge in [-0.05, 0) is 24.8 Å². The molecule has 3 aliphatic rings. The minimum absolute atomic E-state index is 0.0472. The number of nitrogens with zero attached hydrogens (tertiary/aromatic N) is 2. The summed E-state index contributed by atoms with van der Waals surface area (Å²) < 4.78 is 17.6. The molecule has 2 saturated heterocycles. The van der Waals surface area contributed by atoms with Gasteiger partial charge in [-0.3, -0.25) is 18.7 Å². The predicted octanol–water partition coefficient (Wildman–Crippen LogP) is -0.617. The molecule has 0 saturated carbocycles. The van der Waals surface area contributed by atoms with Gasteiger partial charge in [-0.2, -0.15) is 0 Å². The molecule has 3 rings (SSSR count). The number of ether oxygens (including phenoxy) is 1. The second-order valence-corrected chi connectivity index (χ2v) is 8.09. The summed E-state index contributed by atoms with van der Waals surface area (Å²) in [7, 11) is -1.55. The average Bonchev–Trinajstić information content (AvgIpc) is 2.66. The van der Waals surface area contributed by atoms with Crippen molar-refractivity contribution >= 4 is 35.2 Å². The molecule has 0 bridgehead atoms. The van der Waals surface area contributed by atoms with Gasteiger partial charge in [0, 0.05) is 25.3 Å². The summed E-state index contributed by atoms with van der Waals surface area (Å²) >= 11 is 0. The van der Waals surface area contributed by atoms with Crippen molar-refractivity contribution in [1.29, 1.82) is 0 Å². The number of carboxylic acids is 1. The van der Waals surface area contributed by atoms with Gasteiger partial charge in [-0.25, -0.2) is 9.59 Å². The SMILES string of the molecule is O=CNC1C(=O)N2C(C(=O)O)=C(CCOC(=O)N3CCCCC3)CS(=O)[C@@H]12. The van der Waals surface area contributed by atoms with Crippen LogP contribution in [0.2, 0.25) is 0 Å². The summed E-state index contributed by atoms with van der Waals surface area (Å²) in [5.41, 5.74) is 0.0593. The Kier molecular flexibility index (Phi) is 5.78. The Balaban J connectivity index is 1.67. The molecule has 2 unspecified atom stereocenters. The van der Waals surface area contributed by atoms with Crippen LogP contribution in [0.4, 0.5) is 4.79 Å². The quantitative estimate of drug-likeness (QED) is 0.449. The molecule has 0 aromatic rings. The normalized spacial score (nSPS) is 27.6. The van der Waals surface area contributed by atoms with Gasteiger partial charge in [-0.15, -0.1) is 0 Å². The van der Waals surface area contributed by atoms with Crippen molar-refractivity contribution in [2.45, 2.75) is 37.1 Å². The molecule has 3 atom stereocenters. The van der Waals surface area contributed by atoms with Crippen LogP contribution in [0.1, 0.15) is 25.7 Å². The molecule has 10 nitrogen and oxygen atoms in total. The van der Waals surface area contributed by atoms with Crippen LogP contribution in [-0.2, 0) is 29.9 Å². The molecule has 0 aliphatic carbocycles. The molecule has 0 aromatic heterocycles. The Labute approximate surface area is 158 Å². The lowest BCUT2D eigenvalue weighted by Crippen LogP contribution is -2.72. The van der Waals surface area contributed by atoms with Crippen LogP contribution < -0.4 is 5.32 Å². The first kappa shape index (κ1) is 19.3. The first-order valence-electron chi connectivity index (χ1n) is 8.72. The highest BCUT2D eigenvalue weighted by molar-refractivity contribution is 7.86.